The van der Waals surface area contributed by atoms with Crippen LogP contribution < -0.4 is 15.0 Å². The Kier molecular flexibility index (Phi) is 8.82. The number of carbonyl (C=O) groups excluding carboxylic acids is 1. The van der Waals surface area contributed by atoms with E-state index in [1.807, 2.05) is 43.3 Å². The number of carboxylic acids is 1. The first-order chi connectivity index (χ1) is 16.5. The highest BCUT2D eigenvalue weighted by Gasteiger charge is 2.30. The lowest BCUT2D eigenvalue weighted by atomic mass is 9.93. The van der Waals surface area contributed by atoms with Crippen LogP contribution in [0, 0.1) is 12.8 Å². The molecule has 0 aromatic heterocycles. The summed E-state index contributed by atoms with van der Waals surface area (Å²) >= 11 is 0. The molecule has 190 valence electrons. The molecule has 1 saturated carbocycles. The zero-order chi connectivity index (χ0) is 25.6. The molecule has 1 amide bonds. The minimum atomic E-state index is -1.38. The van der Waals surface area contributed by atoms with E-state index < -0.39 is 11.6 Å². The largest absolute Gasteiger partial charge is 0.478 e. The second-order valence-corrected chi connectivity index (χ2v) is 10.6. The fraction of sp³-hybridized carbons (Fsp3) is 0.517. The first-order valence-corrected chi connectivity index (χ1v) is 12.7. The molecule has 0 unspecified atom stereocenters. The number of carboxylic acid groups (broad SMARTS) is 1. The van der Waals surface area contributed by atoms with Crippen LogP contribution in [0.2, 0.25) is 0 Å². The van der Waals surface area contributed by atoms with Gasteiger partial charge in [-0.3, -0.25) is 4.79 Å². The van der Waals surface area contributed by atoms with Crippen LogP contribution in [0.1, 0.15) is 70.9 Å². The summed E-state index contributed by atoms with van der Waals surface area (Å²) in [6, 6.07) is 13.9. The third-order valence-corrected chi connectivity index (χ3v) is 6.50. The standard InChI is InChI=1S/C29H40N2O4/c1-20(2)19-31(23-9-7-6-8-10-23)26-16-15-24(35-29(4,5)28(33)34)18-25(26)30-27(32)17-22-13-11-21(3)12-14-22/h11-16,18,20,23H,6-10,17,19H2,1-5H3,(H,30,32)(H,33,34). The Bertz CT molecular complexity index is 1010. The Morgan fingerprint density at radius 3 is 2.34 bits per heavy atom. The summed E-state index contributed by atoms with van der Waals surface area (Å²) in [5.41, 5.74) is 2.33. The predicted molar refractivity (Wildman–Crippen MR) is 141 cm³/mol. The fourth-order valence-electron chi connectivity index (χ4n) is 4.58. The number of nitrogens with one attached hydrogen (secondary N) is 1. The van der Waals surface area contributed by atoms with E-state index in [9.17, 15) is 14.7 Å². The highest BCUT2D eigenvalue weighted by molar-refractivity contribution is 5.96. The van der Waals surface area contributed by atoms with Crippen molar-refractivity contribution in [3.63, 3.8) is 0 Å². The van der Waals surface area contributed by atoms with Gasteiger partial charge in [-0.1, -0.05) is 62.9 Å². The zero-order valence-corrected chi connectivity index (χ0v) is 21.8. The van der Waals surface area contributed by atoms with E-state index in [0.29, 0.717) is 23.4 Å². The molecule has 2 N–H and O–H groups in total. The average Bonchev–Trinajstić information content (AvgIpc) is 2.79. The summed E-state index contributed by atoms with van der Waals surface area (Å²) in [5.74, 6) is -0.289. The molecule has 0 bridgehead atoms. The highest BCUT2D eigenvalue weighted by Crippen LogP contribution is 2.36. The monoisotopic (exact) mass is 480 g/mol. The molecule has 0 spiro atoms. The van der Waals surface area contributed by atoms with Crippen molar-refractivity contribution in [1.82, 2.24) is 0 Å². The topological polar surface area (TPSA) is 78.9 Å². The van der Waals surface area contributed by atoms with Crippen molar-refractivity contribution in [2.45, 2.75) is 84.8 Å². The fourth-order valence-corrected chi connectivity index (χ4v) is 4.58. The van der Waals surface area contributed by atoms with Crippen molar-refractivity contribution in [1.29, 1.82) is 0 Å². The van der Waals surface area contributed by atoms with Crippen LogP contribution in [-0.4, -0.2) is 35.2 Å². The molecular weight excluding hydrogens is 440 g/mol. The Balaban J connectivity index is 1.94. The molecule has 35 heavy (non-hydrogen) atoms. The third kappa shape index (κ3) is 7.48. The third-order valence-electron chi connectivity index (χ3n) is 6.50. The summed E-state index contributed by atoms with van der Waals surface area (Å²) in [4.78, 5) is 27.1. The second kappa shape index (κ2) is 11.6. The van der Waals surface area contributed by atoms with Gasteiger partial charge in [-0.15, -0.1) is 0 Å². The average molecular weight is 481 g/mol. The molecule has 2 aromatic rings. The second-order valence-electron chi connectivity index (χ2n) is 10.6. The minimum Gasteiger partial charge on any atom is -0.478 e. The molecule has 0 aliphatic heterocycles. The van der Waals surface area contributed by atoms with Gasteiger partial charge in [-0.2, -0.15) is 0 Å². The van der Waals surface area contributed by atoms with E-state index in [4.69, 9.17) is 4.74 Å². The molecule has 1 aliphatic carbocycles. The van der Waals surface area contributed by atoms with Gasteiger partial charge in [0.2, 0.25) is 5.91 Å². The number of benzene rings is 2. The van der Waals surface area contributed by atoms with Gasteiger partial charge in [-0.05, 0) is 57.2 Å². The first-order valence-electron chi connectivity index (χ1n) is 12.7. The Morgan fingerprint density at radius 2 is 1.74 bits per heavy atom. The number of aryl methyl sites for hydroxylation is 1. The minimum absolute atomic E-state index is 0.113. The van der Waals surface area contributed by atoms with Crippen LogP contribution in [0.3, 0.4) is 0 Å². The summed E-state index contributed by atoms with van der Waals surface area (Å²) < 4.78 is 5.81. The maximum absolute atomic E-state index is 13.1. The SMILES string of the molecule is Cc1ccc(CC(=O)Nc2cc(OC(C)(C)C(=O)O)ccc2N(CC(C)C)C2CCCCC2)cc1. The molecule has 2 aromatic carbocycles. The van der Waals surface area contributed by atoms with Crippen LogP contribution >= 0.6 is 0 Å². The lowest BCUT2D eigenvalue weighted by molar-refractivity contribution is -0.152. The lowest BCUT2D eigenvalue weighted by Gasteiger charge is -2.38. The normalized spacial score (nSPS) is 14.6. The molecule has 0 saturated heterocycles. The number of hydrogen-bond donors (Lipinski definition) is 2. The van der Waals surface area contributed by atoms with E-state index in [1.165, 1.54) is 33.1 Å². The van der Waals surface area contributed by atoms with Gasteiger partial charge >= 0.3 is 5.97 Å². The molecule has 1 fully saturated rings. The molecular formula is C29H40N2O4. The van der Waals surface area contributed by atoms with Crippen LogP contribution in [0.5, 0.6) is 5.75 Å². The van der Waals surface area contributed by atoms with E-state index in [1.54, 1.807) is 6.07 Å². The molecule has 0 radical (unpaired) electrons. The van der Waals surface area contributed by atoms with Crippen LogP contribution in [0.4, 0.5) is 11.4 Å². The van der Waals surface area contributed by atoms with Crippen molar-refractivity contribution in [2.24, 2.45) is 5.92 Å². The number of anilines is 2. The smallest absolute Gasteiger partial charge is 0.347 e. The van der Waals surface area contributed by atoms with E-state index >= 15 is 0 Å². The summed E-state index contributed by atoms with van der Waals surface area (Å²) in [6.07, 6.45) is 6.22. The van der Waals surface area contributed by atoms with E-state index in [2.05, 4.69) is 24.1 Å². The number of nitrogens with zero attached hydrogens (tertiary/aromatic N) is 1. The van der Waals surface area contributed by atoms with Gasteiger partial charge in [0.1, 0.15) is 5.75 Å². The van der Waals surface area contributed by atoms with E-state index in [0.717, 1.165) is 36.2 Å². The summed E-state index contributed by atoms with van der Waals surface area (Å²) in [6.45, 7) is 10.4. The van der Waals surface area contributed by atoms with Crippen LogP contribution in [0.15, 0.2) is 42.5 Å². The molecule has 6 heteroatoms. The van der Waals surface area contributed by atoms with Gasteiger partial charge in [0.05, 0.1) is 17.8 Å². The number of amides is 1. The Hall–Kier alpha value is -3.02. The lowest BCUT2D eigenvalue weighted by Crippen LogP contribution is -2.40. The Morgan fingerprint density at radius 1 is 1.09 bits per heavy atom. The van der Waals surface area contributed by atoms with Crippen molar-refractivity contribution in [2.75, 3.05) is 16.8 Å². The van der Waals surface area contributed by atoms with Gasteiger partial charge in [0, 0.05) is 18.7 Å². The number of carbonyl (C=O) groups is 2. The Labute approximate surface area is 209 Å². The van der Waals surface area contributed by atoms with E-state index in [-0.39, 0.29) is 12.3 Å². The van der Waals surface area contributed by atoms with Crippen LogP contribution in [-0.2, 0) is 16.0 Å². The van der Waals surface area contributed by atoms with Crippen LogP contribution in [0.25, 0.3) is 0 Å². The van der Waals surface area contributed by atoms with Crippen molar-refractivity contribution < 1.29 is 19.4 Å². The maximum atomic E-state index is 13.1. The van der Waals surface area contributed by atoms with Gasteiger partial charge in [-0.25, -0.2) is 4.79 Å². The van der Waals surface area contributed by atoms with Crippen molar-refractivity contribution in [3.05, 3.63) is 53.6 Å². The van der Waals surface area contributed by atoms with Crippen molar-refractivity contribution >= 4 is 23.3 Å². The number of hydrogen-bond acceptors (Lipinski definition) is 4. The molecule has 6 nitrogen and oxygen atoms in total. The molecule has 0 heterocycles. The summed E-state index contributed by atoms with van der Waals surface area (Å²) in [7, 11) is 0. The predicted octanol–water partition coefficient (Wildman–Crippen LogP) is 6.21. The number of aliphatic carboxylic acids is 1. The molecule has 3 rings (SSSR count). The van der Waals surface area contributed by atoms with Gasteiger partial charge < -0.3 is 20.1 Å². The molecule has 0 atom stereocenters. The van der Waals surface area contributed by atoms with Gasteiger partial charge in [0.15, 0.2) is 5.60 Å². The maximum Gasteiger partial charge on any atom is 0.347 e. The molecule has 1 aliphatic rings. The highest BCUT2D eigenvalue weighted by atomic mass is 16.5. The number of rotatable bonds is 10. The van der Waals surface area contributed by atoms with Crippen molar-refractivity contribution in [3.8, 4) is 5.75 Å². The summed E-state index contributed by atoms with van der Waals surface area (Å²) in [5, 5.41) is 12.6. The van der Waals surface area contributed by atoms with Gasteiger partial charge in [0.25, 0.3) is 0 Å². The quantitative estimate of drug-likeness (QED) is 0.422. The zero-order valence-electron chi connectivity index (χ0n) is 21.8. The first kappa shape index (κ1) is 26.6. The number of ether oxygens (including phenoxy) is 1.